The molecule has 0 radical (unpaired) electrons. The quantitative estimate of drug-likeness (QED) is 0.789. The Hall–Kier alpha value is -1.95. The molecule has 0 saturated carbocycles. The first-order valence-electron chi connectivity index (χ1n) is 8.44. The van der Waals surface area contributed by atoms with Crippen molar-refractivity contribution in [3.63, 3.8) is 0 Å². The molecule has 3 N–H and O–H groups in total. The summed E-state index contributed by atoms with van der Waals surface area (Å²) in [5.74, 6) is 2.31. The number of aryl methyl sites for hydroxylation is 2. The van der Waals surface area contributed by atoms with Gasteiger partial charge in [0.15, 0.2) is 0 Å². The number of nitrogens with zero attached hydrogens (tertiary/aromatic N) is 3. The Morgan fingerprint density at radius 3 is 2.70 bits per heavy atom. The SMILES string of the molecule is Cc1nc(NC(C)Cc2cc(C)[nH]n2)cc(C2CCNCC2)n1. The number of hydrogen-bond acceptors (Lipinski definition) is 5. The number of aromatic nitrogens is 4. The van der Waals surface area contributed by atoms with Gasteiger partial charge in [0, 0.05) is 35.8 Å². The highest BCUT2D eigenvalue weighted by molar-refractivity contribution is 5.38. The highest BCUT2D eigenvalue weighted by Crippen LogP contribution is 2.25. The van der Waals surface area contributed by atoms with Crippen molar-refractivity contribution in [1.29, 1.82) is 0 Å². The van der Waals surface area contributed by atoms with Gasteiger partial charge in [-0.3, -0.25) is 5.10 Å². The van der Waals surface area contributed by atoms with E-state index in [1.165, 1.54) is 5.69 Å². The molecule has 0 aromatic carbocycles. The van der Waals surface area contributed by atoms with Crippen molar-refractivity contribution in [2.45, 2.75) is 52.0 Å². The van der Waals surface area contributed by atoms with Gasteiger partial charge in [-0.1, -0.05) is 0 Å². The van der Waals surface area contributed by atoms with E-state index in [0.29, 0.717) is 5.92 Å². The summed E-state index contributed by atoms with van der Waals surface area (Å²) in [5, 5.41) is 14.2. The predicted octanol–water partition coefficient (Wildman–Crippen LogP) is 2.33. The Morgan fingerprint density at radius 1 is 1.22 bits per heavy atom. The maximum absolute atomic E-state index is 4.66. The highest BCUT2D eigenvalue weighted by Gasteiger charge is 2.18. The van der Waals surface area contributed by atoms with E-state index < -0.39 is 0 Å². The van der Waals surface area contributed by atoms with Gasteiger partial charge in [-0.25, -0.2) is 9.97 Å². The van der Waals surface area contributed by atoms with Crippen molar-refractivity contribution in [3.05, 3.63) is 35.0 Å². The van der Waals surface area contributed by atoms with E-state index >= 15 is 0 Å². The second-order valence-electron chi connectivity index (χ2n) is 6.54. The maximum atomic E-state index is 4.66. The van der Waals surface area contributed by atoms with Crippen LogP contribution in [0.1, 0.15) is 48.6 Å². The van der Waals surface area contributed by atoms with Crippen LogP contribution in [0.3, 0.4) is 0 Å². The predicted molar refractivity (Wildman–Crippen MR) is 91.7 cm³/mol. The molecule has 2 aromatic rings. The van der Waals surface area contributed by atoms with E-state index in [9.17, 15) is 0 Å². The van der Waals surface area contributed by atoms with Gasteiger partial charge in [-0.15, -0.1) is 0 Å². The van der Waals surface area contributed by atoms with Gasteiger partial charge in [-0.05, 0) is 52.8 Å². The zero-order valence-electron chi connectivity index (χ0n) is 14.2. The fourth-order valence-electron chi connectivity index (χ4n) is 3.19. The minimum atomic E-state index is 0.271. The molecule has 0 amide bonds. The Kier molecular flexibility index (Phi) is 4.91. The summed E-state index contributed by atoms with van der Waals surface area (Å²) in [7, 11) is 0. The minimum absolute atomic E-state index is 0.271. The summed E-state index contributed by atoms with van der Waals surface area (Å²) in [5.41, 5.74) is 3.34. The first kappa shape index (κ1) is 15.9. The molecule has 1 unspecified atom stereocenters. The number of H-pyrrole nitrogens is 1. The topological polar surface area (TPSA) is 78.5 Å². The van der Waals surface area contributed by atoms with Crippen molar-refractivity contribution in [3.8, 4) is 0 Å². The van der Waals surface area contributed by atoms with Crippen molar-refractivity contribution in [1.82, 2.24) is 25.5 Å². The minimum Gasteiger partial charge on any atom is -0.367 e. The van der Waals surface area contributed by atoms with Crippen molar-refractivity contribution >= 4 is 5.82 Å². The molecule has 0 aliphatic carbocycles. The van der Waals surface area contributed by atoms with Crippen LogP contribution < -0.4 is 10.6 Å². The first-order valence-corrected chi connectivity index (χ1v) is 8.44. The molecule has 1 aliphatic rings. The Balaban J connectivity index is 1.68. The van der Waals surface area contributed by atoms with Crippen LogP contribution in [0, 0.1) is 13.8 Å². The van der Waals surface area contributed by atoms with Crippen LogP contribution in [0.15, 0.2) is 12.1 Å². The number of anilines is 1. The van der Waals surface area contributed by atoms with Gasteiger partial charge < -0.3 is 10.6 Å². The number of hydrogen-bond donors (Lipinski definition) is 3. The highest BCUT2D eigenvalue weighted by atomic mass is 15.1. The number of piperidine rings is 1. The molecule has 1 atom stereocenters. The van der Waals surface area contributed by atoms with Crippen LogP contribution in [-0.2, 0) is 6.42 Å². The van der Waals surface area contributed by atoms with Gasteiger partial charge in [0.1, 0.15) is 11.6 Å². The Bertz CT molecular complexity index is 644. The van der Waals surface area contributed by atoms with E-state index in [1.54, 1.807) is 0 Å². The number of nitrogens with one attached hydrogen (secondary N) is 3. The molecule has 6 heteroatoms. The van der Waals surface area contributed by atoms with Crippen LogP contribution >= 0.6 is 0 Å². The number of rotatable bonds is 5. The van der Waals surface area contributed by atoms with Crippen LogP contribution in [0.25, 0.3) is 0 Å². The average Bonchev–Trinajstić information content (AvgIpc) is 2.92. The summed E-state index contributed by atoms with van der Waals surface area (Å²) in [4.78, 5) is 9.21. The van der Waals surface area contributed by atoms with Gasteiger partial charge in [0.05, 0.1) is 5.69 Å². The van der Waals surface area contributed by atoms with Gasteiger partial charge in [0.2, 0.25) is 0 Å². The lowest BCUT2D eigenvalue weighted by molar-refractivity contribution is 0.452. The van der Waals surface area contributed by atoms with Gasteiger partial charge in [-0.2, -0.15) is 5.10 Å². The molecular formula is C17H26N6. The summed E-state index contributed by atoms with van der Waals surface area (Å²) in [6.45, 7) is 8.30. The van der Waals surface area contributed by atoms with Crippen molar-refractivity contribution < 1.29 is 0 Å². The molecule has 1 fully saturated rings. The van der Waals surface area contributed by atoms with E-state index in [4.69, 9.17) is 0 Å². The fraction of sp³-hybridized carbons (Fsp3) is 0.588. The average molecular weight is 314 g/mol. The molecule has 6 nitrogen and oxygen atoms in total. The lowest BCUT2D eigenvalue weighted by Gasteiger charge is -2.23. The maximum Gasteiger partial charge on any atom is 0.130 e. The van der Waals surface area contributed by atoms with E-state index in [2.05, 4.69) is 49.9 Å². The third-order valence-electron chi connectivity index (χ3n) is 4.28. The van der Waals surface area contributed by atoms with Crippen LogP contribution in [0.4, 0.5) is 5.82 Å². The zero-order valence-corrected chi connectivity index (χ0v) is 14.2. The normalized spacial score (nSPS) is 17.2. The van der Waals surface area contributed by atoms with Gasteiger partial charge >= 0.3 is 0 Å². The molecule has 1 saturated heterocycles. The first-order chi connectivity index (χ1) is 11.1. The molecule has 3 rings (SSSR count). The monoisotopic (exact) mass is 314 g/mol. The largest absolute Gasteiger partial charge is 0.367 e. The van der Waals surface area contributed by atoms with Crippen LogP contribution in [0.5, 0.6) is 0 Å². The summed E-state index contributed by atoms with van der Waals surface area (Å²) >= 11 is 0. The second kappa shape index (κ2) is 7.08. The molecule has 1 aliphatic heterocycles. The van der Waals surface area contributed by atoms with Crippen molar-refractivity contribution in [2.75, 3.05) is 18.4 Å². The Morgan fingerprint density at radius 2 is 2.00 bits per heavy atom. The Labute approximate surface area is 137 Å². The van der Waals surface area contributed by atoms with Crippen molar-refractivity contribution in [2.24, 2.45) is 0 Å². The molecule has 124 valence electrons. The summed E-state index contributed by atoms with van der Waals surface area (Å²) < 4.78 is 0. The molecule has 23 heavy (non-hydrogen) atoms. The molecular weight excluding hydrogens is 288 g/mol. The van der Waals surface area contributed by atoms with Crippen LogP contribution in [0.2, 0.25) is 0 Å². The lowest BCUT2D eigenvalue weighted by atomic mass is 9.94. The van der Waals surface area contributed by atoms with E-state index in [-0.39, 0.29) is 6.04 Å². The molecule has 0 spiro atoms. The fourth-order valence-corrected chi connectivity index (χ4v) is 3.19. The molecule has 2 aromatic heterocycles. The smallest absolute Gasteiger partial charge is 0.130 e. The lowest BCUT2D eigenvalue weighted by Crippen LogP contribution is -2.27. The van der Waals surface area contributed by atoms with Gasteiger partial charge in [0.25, 0.3) is 0 Å². The third-order valence-corrected chi connectivity index (χ3v) is 4.28. The zero-order chi connectivity index (χ0) is 16.2. The van der Waals surface area contributed by atoms with Crippen LogP contribution in [-0.4, -0.2) is 39.3 Å². The summed E-state index contributed by atoms with van der Waals surface area (Å²) in [6, 6.07) is 4.48. The second-order valence-corrected chi connectivity index (χ2v) is 6.54. The number of aromatic amines is 1. The van der Waals surface area contributed by atoms with E-state index in [0.717, 1.165) is 55.4 Å². The molecule has 3 heterocycles. The summed E-state index contributed by atoms with van der Waals surface area (Å²) in [6.07, 6.45) is 3.17. The third kappa shape index (κ3) is 4.28. The molecule has 0 bridgehead atoms. The standard InChI is InChI=1S/C17H26N6/c1-11(8-15-9-12(2)22-23-15)19-17-10-16(20-13(3)21-17)14-4-6-18-7-5-14/h9-11,14,18H,4-8H2,1-3H3,(H,22,23)(H,19,20,21). The van der Waals surface area contributed by atoms with E-state index in [1.807, 2.05) is 13.8 Å².